The molecule has 1 aliphatic carbocycles. The zero-order chi connectivity index (χ0) is 23.3. The number of aromatic nitrogens is 2. The molecule has 1 atom stereocenters. The predicted molar refractivity (Wildman–Crippen MR) is 121 cm³/mol. The number of benzene rings is 1. The number of nitrogens with zero attached hydrogens (tertiary/aromatic N) is 4. The highest BCUT2D eigenvalue weighted by Gasteiger charge is 2.26. The zero-order valence-electron chi connectivity index (χ0n) is 18.0. The molecule has 172 valence electrons. The SMILES string of the molecule is C=C1NCc2ccc(COCC(F)F)cc21.C=NN=C.OC(CC1CC1)c1ncccn1. The van der Waals surface area contributed by atoms with Crippen molar-refractivity contribution in [2.75, 3.05) is 6.61 Å². The van der Waals surface area contributed by atoms with Gasteiger partial charge >= 0.3 is 0 Å². The number of rotatable bonds is 8. The van der Waals surface area contributed by atoms with E-state index in [1.54, 1.807) is 18.5 Å². The monoisotopic (exact) mass is 445 g/mol. The van der Waals surface area contributed by atoms with Gasteiger partial charge in [-0.2, -0.15) is 10.2 Å². The van der Waals surface area contributed by atoms with Gasteiger partial charge in [0.15, 0.2) is 5.82 Å². The van der Waals surface area contributed by atoms with Gasteiger partial charge in [0.2, 0.25) is 0 Å². The Kier molecular flexibility index (Phi) is 10.6. The number of hydrogen-bond acceptors (Lipinski definition) is 7. The first-order valence-electron chi connectivity index (χ1n) is 10.2. The number of nitrogens with one attached hydrogen (secondary N) is 1. The van der Waals surface area contributed by atoms with Gasteiger partial charge in [-0.3, -0.25) is 0 Å². The van der Waals surface area contributed by atoms with Gasteiger partial charge in [0.05, 0.1) is 6.61 Å². The van der Waals surface area contributed by atoms with Crippen LogP contribution in [0, 0.1) is 5.92 Å². The second-order valence-electron chi connectivity index (χ2n) is 7.31. The van der Waals surface area contributed by atoms with Crippen LogP contribution in [0.2, 0.25) is 0 Å². The van der Waals surface area contributed by atoms with E-state index in [9.17, 15) is 13.9 Å². The second kappa shape index (κ2) is 13.4. The van der Waals surface area contributed by atoms with Gasteiger partial charge < -0.3 is 15.2 Å². The highest BCUT2D eigenvalue weighted by Crippen LogP contribution is 2.36. The first-order valence-corrected chi connectivity index (χ1v) is 10.2. The van der Waals surface area contributed by atoms with Crippen molar-refractivity contribution < 1.29 is 18.6 Å². The molecule has 9 heteroatoms. The van der Waals surface area contributed by atoms with Crippen molar-refractivity contribution in [2.24, 2.45) is 16.1 Å². The number of aliphatic hydroxyl groups excluding tert-OH is 1. The lowest BCUT2D eigenvalue weighted by Gasteiger charge is -2.06. The molecule has 32 heavy (non-hydrogen) atoms. The van der Waals surface area contributed by atoms with Gasteiger partial charge in [-0.05, 0) is 35.6 Å². The van der Waals surface area contributed by atoms with E-state index in [0.717, 1.165) is 29.8 Å². The van der Waals surface area contributed by atoms with Crippen LogP contribution in [0.15, 0.2) is 53.4 Å². The molecule has 2 heterocycles. The fraction of sp³-hybridized carbons (Fsp3) is 0.391. The van der Waals surface area contributed by atoms with Crippen molar-refractivity contribution in [1.82, 2.24) is 15.3 Å². The van der Waals surface area contributed by atoms with Gasteiger partial charge in [0, 0.05) is 43.6 Å². The first-order chi connectivity index (χ1) is 15.4. The maximum atomic E-state index is 11.9. The van der Waals surface area contributed by atoms with E-state index >= 15 is 0 Å². The molecule has 1 saturated carbocycles. The van der Waals surface area contributed by atoms with Gasteiger partial charge in [0.25, 0.3) is 6.43 Å². The van der Waals surface area contributed by atoms with Crippen LogP contribution in [0.1, 0.15) is 47.9 Å². The number of hydrogen-bond donors (Lipinski definition) is 2. The molecular weight excluding hydrogens is 416 g/mol. The first kappa shape index (κ1) is 25.2. The minimum atomic E-state index is -2.41. The summed E-state index contributed by atoms with van der Waals surface area (Å²) in [4.78, 5) is 8.00. The Hall–Kier alpha value is -3.04. The summed E-state index contributed by atoms with van der Waals surface area (Å²) in [7, 11) is 0. The molecule has 0 spiro atoms. The molecule has 1 fully saturated rings. The molecule has 2 N–H and O–H groups in total. The van der Waals surface area contributed by atoms with Crippen LogP contribution >= 0.6 is 0 Å². The van der Waals surface area contributed by atoms with E-state index < -0.39 is 19.1 Å². The smallest absolute Gasteiger partial charge is 0.261 e. The molecule has 1 aromatic heterocycles. The summed E-state index contributed by atoms with van der Waals surface area (Å²) in [5.41, 5.74) is 4.01. The van der Waals surface area contributed by atoms with Crippen molar-refractivity contribution in [1.29, 1.82) is 0 Å². The second-order valence-corrected chi connectivity index (χ2v) is 7.31. The highest BCUT2D eigenvalue weighted by molar-refractivity contribution is 5.69. The molecule has 4 rings (SSSR count). The van der Waals surface area contributed by atoms with Crippen molar-refractivity contribution >= 4 is 19.1 Å². The summed E-state index contributed by atoms with van der Waals surface area (Å²) in [5, 5.41) is 18.7. The summed E-state index contributed by atoms with van der Waals surface area (Å²) in [6.45, 7) is 10.4. The van der Waals surface area contributed by atoms with E-state index in [0.29, 0.717) is 11.7 Å². The van der Waals surface area contributed by atoms with Crippen LogP contribution in [0.4, 0.5) is 8.78 Å². The lowest BCUT2D eigenvalue weighted by atomic mass is 10.1. The third-order valence-electron chi connectivity index (χ3n) is 4.74. The largest absolute Gasteiger partial charge is 0.385 e. The number of ether oxygens (including phenoxy) is 1. The Morgan fingerprint density at radius 1 is 1.19 bits per heavy atom. The molecule has 0 bridgehead atoms. The topological polar surface area (TPSA) is 92.0 Å². The van der Waals surface area contributed by atoms with Crippen LogP contribution in [-0.4, -0.2) is 41.5 Å². The van der Waals surface area contributed by atoms with Gasteiger partial charge in [-0.1, -0.05) is 31.6 Å². The maximum Gasteiger partial charge on any atom is 0.261 e. The van der Waals surface area contributed by atoms with Crippen molar-refractivity contribution in [3.63, 3.8) is 0 Å². The molecule has 1 unspecified atom stereocenters. The number of halogens is 2. The van der Waals surface area contributed by atoms with Crippen LogP contribution in [0.5, 0.6) is 0 Å². The highest BCUT2D eigenvalue weighted by atomic mass is 19.3. The predicted octanol–water partition coefficient (Wildman–Crippen LogP) is 4.15. The van der Waals surface area contributed by atoms with Crippen molar-refractivity contribution in [3.05, 3.63) is 65.8 Å². The standard InChI is InChI=1S/C12H13F2NO.C9H12N2O.C2H4N2/c1-8-11-4-9(6-16-7-12(13)14)2-3-10(11)5-15-8;12-8(6-7-2-3-7)9-10-4-1-5-11-9;1-3-4-2/h2-4,12,15H,1,5-7H2;1,4-5,7-8,12H,2-3,6H2;1-2H2. The zero-order valence-corrected chi connectivity index (χ0v) is 18.0. The average molecular weight is 446 g/mol. The average Bonchev–Trinajstić information content (AvgIpc) is 3.55. The van der Waals surface area contributed by atoms with Crippen LogP contribution in [0.25, 0.3) is 5.70 Å². The number of alkyl halides is 2. The summed E-state index contributed by atoms with van der Waals surface area (Å²) < 4.78 is 28.6. The maximum absolute atomic E-state index is 11.9. The fourth-order valence-corrected chi connectivity index (χ4v) is 2.97. The third-order valence-corrected chi connectivity index (χ3v) is 4.74. The minimum Gasteiger partial charge on any atom is -0.385 e. The quantitative estimate of drug-likeness (QED) is 0.470. The van der Waals surface area contributed by atoms with Gasteiger partial charge in [-0.15, -0.1) is 0 Å². The normalized spacial score (nSPS) is 14.8. The molecule has 0 amide bonds. The molecule has 2 aromatic rings. The summed E-state index contributed by atoms with van der Waals surface area (Å²) in [5.74, 6) is 1.27. The Bertz CT molecular complexity index is 870. The van der Waals surface area contributed by atoms with E-state index in [2.05, 4.69) is 45.5 Å². The van der Waals surface area contributed by atoms with E-state index in [1.807, 2.05) is 18.2 Å². The lowest BCUT2D eigenvalue weighted by Crippen LogP contribution is -2.04. The Labute approximate surface area is 187 Å². The fourth-order valence-electron chi connectivity index (χ4n) is 2.97. The van der Waals surface area contributed by atoms with E-state index in [1.165, 1.54) is 18.4 Å². The summed E-state index contributed by atoms with van der Waals surface area (Å²) in [6, 6.07) is 7.56. The molecule has 1 aliphatic heterocycles. The van der Waals surface area contributed by atoms with E-state index in [-0.39, 0.29) is 6.61 Å². The molecule has 0 saturated heterocycles. The Balaban J connectivity index is 0.000000200. The summed E-state index contributed by atoms with van der Waals surface area (Å²) >= 11 is 0. The van der Waals surface area contributed by atoms with Crippen molar-refractivity contribution in [3.8, 4) is 0 Å². The van der Waals surface area contributed by atoms with Crippen molar-refractivity contribution in [2.45, 2.75) is 44.9 Å². The number of fused-ring (bicyclic) bond motifs is 1. The Morgan fingerprint density at radius 3 is 2.47 bits per heavy atom. The van der Waals surface area contributed by atoms with Crippen LogP contribution < -0.4 is 5.32 Å². The molecule has 1 aromatic carbocycles. The lowest BCUT2D eigenvalue weighted by molar-refractivity contribution is 0.00987. The van der Waals surface area contributed by atoms with Gasteiger partial charge in [-0.25, -0.2) is 18.7 Å². The van der Waals surface area contributed by atoms with Crippen LogP contribution in [0.3, 0.4) is 0 Å². The van der Waals surface area contributed by atoms with Crippen LogP contribution in [-0.2, 0) is 17.9 Å². The Morgan fingerprint density at radius 2 is 1.88 bits per heavy atom. The van der Waals surface area contributed by atoms with Gasteiger partial charge in [0.1, 0.15) is 12.7 Å². The summed E-state index contributed by atoms with van der Waals surface area (Å²) in [6.07, 6.45) is 3.79. The molecule has 0 radical (unpaired) electrons. The number of aliphatic hydroxyl groups is 1. The third kappa shape index (κ3) is 8.99. The molecule has 2 aliphatic rings. The van der Waals surface area contributed by atoms with E-state index in [4.69, 9.17) is 4.74 Å². The minimum absolute atomic E-state index is 0.213. The molecular formula is C23H29F2N5O2. The molecule has 7 nitrogen and oxygen atoms in total.